The molecule has 0 saturated heterocycles. The van der Waals surface area contributed by atoms with Crippen LogP contribution in [0.2, 0.25) is 10.0 Å². The van der Waals surface area contributed by atoms with Crippen LogP contribution in [0.25, 0.3) is 0 Å². The fraction of sp³-hybridized carbons (Fsp3) is 0.296. The van der Waals surface area contributed by atoms with E-state index in [0.717, 1.165) is 28.5 Å². The summed E-state index contributed by atoms with van der Waals surface area (Å²) in [6.07, 6.45) is 2.12. The maximum atomic E-state index is 13.6. The Kier molecular flexibility index (Phi) is 7.83. The predicted octanol–water partition coefficient (Wildman–Crippen LogP) is 6.39. The Morgan fingerprint density at radius 1 is 1.03 bits per heavy atom. The van der Waals surface area contributed by atoms with Crippen molar-refractivity contribution >= 4 is 44.8 Å². The van der Waals surface area contributed by atoms with Gasteiger partial charge in [0.05, 0.1) is 21.6 Å². The molecule has 0 bridgehead atoms. The van der Waals surface area contributed by atoms with Crippen LogP contribution in [-0.2, 0) is 14.8 Å². The van der Waals surface area contributed by atoms with Crippen LogP contribution in [0.4, 0.5) is 5.69 Å². The van der Waals surface area contributed by atoms with Gasteiger partial charge in [0.25, 0.3) is 10.0 Å². The van der Waals surface area contributed by atoms with Crippen LogP contribution in [0.5, 0.6) is 5.75 Å². The molecule has 0 saturated carbocycles. The molecule has 1 heterocycles. The predicted molar refractivity (Wildman–Crippen MR) is 143 cm³/mol. The lowest BCUT2D eigenvalue weighted by Crippen LogP contribution is -2.47. The fourth-order valence-corrected chi connectivity index (χ4v) is 6.39. The quantitative estimate of drug-likeness (QED) is 0.355. The monoisotopic (exact) mass is 546 g/mol. The number of para-hydroxylation sites is 1. The summed E-state index contributed by atoms with van der Waals surface area (Å²) in [4.78, 5) is 13.5. The van der Waals surface area contributed by atoms with Crippen molar-refractivity contribution in [1.82, 2.24) is 5.32 Å². The third-order valence-electron chi connectivity index (χ3n) is 6.62. The molecule has 1 atom stereocenters. The molecular formula is C27H28Cl2N2O4S. The van der Waals surface area contributed by atoms with Gasteiger partial charge < -0.3 is 10.1 Å². The molecule has 3 aromatic carbocycles. The Bertz CT molecular complexity index is 1340. The van der Waals surface area contributed by atoms with Crippen LogP contribution >= 0.6 is 23.2 Å². The van der Waals surface area contributed by atoms with Crippen LogP contribution in [0.3, 0.4) is 0 Å². The van der Waals surface area contributed by atoms with Crippen molar-refractivity contribution < 1.29 is 17.9 Å². The second-order valence-electron chi connectivity index (χ2n) is 8.77. The summed E-state index contributed by atoms with van der Waals surface area (Å²) in [7, 11) is -4.12. The Morgan fingerprint density at radius 2 is 1.69 bits per heavy atom. The van der Waals surface area contributed by atoms with Gasteiger partial charge in [0.2, 0.25) is 5.91 Å². The van der Waals surface area contributed by atoms with E-state index in [1.54, 1.807) is 24.3 Å². The minimum atomic E-state index is -4.12. The van der Waals surface area contributed by atoms with E-state index in [1.807, 2.05) is 24.3 Å². The number of nitrogens with one attached hydrogen (secondary N) is 1. The highest BCUT2D eigenvalue weighted by Gasteiger charge is 2.39. The van der Waals surface area contributed by atoms with Gasteiger partial charge in [-0.2, -0.15) is 0 Å². The molecule has 4 rings (SSSR count). The number of nitrogens with zero attached hydrogens (tertiary/aromatic N) is 1. The second kappa shape index (κ2) is 10.7. The number of sulfonamides is 1. The van der Waals surface area contributed by atoms with E-state index >= 15 is 0 Å². The van der Waals surface area contributed by atoms with Gasteiger partial charge in [0.15, 0.2) is 0 Å². The van der Waals surface area contributed by atoms with E-state index in [-0.39, 0.29) is 21.6 Å². The van der Waals surface area contributed by atoms with Gasteiger partial charge in [-0.15, -0.1) is 0 Å². The third-order valence-corrected chi connectivity index (χ3v) is 8.94. The summed E-state index contributed by atoms with van der Waals surface area (Å²) in [5.74, 6) is 0.262. The average Bonchev–Trinajstić information content (AvgIpc) is 2.89. The van der Waals surface area contributed by atoms with E-state index in [1.165, 1.54) is 24.3 Å². The first-order valence-corrected chi connectivity index (χ1v) is 14.0. The van der Waals surface area contributed by atoms with Crippen molar-refractivity contribution in [2.24, 2.45) is 0 Å². The van der Waals surface area contributed by atoms with E-state index in [2.05, 4.69) is 19.2 Å². The Hall–Kier alpha value is -2.74. The number of carbonyl (C=O) groups excluding carboxylic acids is 1. The molecule has 9 heteroatoms. The van der Waals surface area contributed by atoms with Crippen molar-refractivity contribution in [2.75, 3.05) is 10.8 Å². The highest BCUT2D eigenvalue weighted by molar-refractivity contribution is 7.92. The van der Waals surface area contributed by atoms with Crippen LogP contribution < -0.4 is 14.4 Å². The Labute approximate surface area is 222 Å². The van der Waals surface area contributed by atoms with Crippen molar-refractivity contribution in [3.63, 3.8) is 0 Å². The number of hydrogen-bond acceptors (Lipinski definition) is 4. The largest absolute Gasteiger partial charge is 0.487 e. The molecule has 0 unspecified atom stereocenters. The molecule has 190 valence electrons. The van der Waals surface area contributed by atoms with Gasteiger partial charge >= 0.3 is 0 Å². The molecule has 6 nitrogen and oxygen atoms in total. The second-order valence-corrected chi connectivity index (χ2v) is 11.5. The fourth-order valence-electron chi connectivity index (χ4n) is 4.50. The van der Waals surface area contributed by atoms with Crippen molar-refractivity contribution in [1.29, 1.82) is 0 Å². The summed E-state index contributed by atoms with van der Waals surface area (Å²) in [6, 6.07) is 19.7. The first-order valence-electron chi connectivity index (χ1n) is 11.8. The minimum Gasteiger partial charge on any atom is -0.487 e. The Balaban J connectivity index is 1.68. The van der Waals surface area contributed by atoms with Crippen LogP contribution in [0.1, 0.15) is 44.7 Å². The maximum absolute atomic E-state index is 13.6. The summed E-state index contributed by atoms with van der Waals surface area (Å²) in [6.45, 7) is 3.65. The summed E-state index contributed by atoms with van der Waals surface area (Å²) in [5, 5.41) is 3.52. The SMILES string of the molecule is CCC1(CC)C[C@H](NC(=O)CN(c2cc(Cl)ccc2Cl)S(=O)(=O)c2ccccc2)c2ccccc2O1. The number of rotatable bonds is 8. The van der Waals surface area contributed by atoms with Gasteiger partial charge in [0, 0.05) is 17.0 Å². The molecule has 36 heavy (non-hydrogen) atoms. The molecule has 0 spiro atoms. The van der Waals surface area contributed by atoms with E-state index < -0.39 is 28.1 Å². The molecule has 3 aromatic rings. The number of halogens is 2. The number of amides is 1. The first kappa shape index (κ1) is 26.3. The molecule has 0 fully saturated rings. The van der Waals surface area contributed by atoms with Crippen LogP contribution in [-0.4, -0.2) is 26.5 Å². The zero-order valence-electron chi connectivity index (χ0n) is 20.1. The lowest BCUT2D eigenvalue weighted by Gasteiger charge is -2.41. The third kappa shape index (κ3) is 5.33. The summed E-state index contributed by atoms with van der Waals surface area (Å²) >= 11 is 12.6. The zero-order chi connectivity index (χ0) is 25.9. The summed E-state index contributed by atoms with van der Waals surface area (Å²) < 4.78 is 34.6. The van der Waals surface area contributed by atoms with Crippen molar-refractivity contribution in [2.45, 2.75) is 49.6 Å². The number of carbonyl (C=O) groups is 1. The molecule has 1 aliphatic heterocycles. The molecule has 1 N–H and O–H groups in total. The molecule has 1 amide bonds. The summed E-state index contributed by atoms with van der Waals surface area (Å²) in [5.41, 5.74) is 0.576. The smallest absolute Gasteiger partial charge is 0.264 e. The minimum absolute atomic E-state index is 0.0428. The van der Waals surface area contributed by atoms with Crippen molar-refractivity contribution in [3.05, 3.63) is 88.4 Å². The zero-order valence-corrected chi connectivity index (χ0v) is 22.4. The van der Waals surface area contributed by atoms with E-state index in [0.29, 0.717) is 11.4 Å². The van der Waals surface area contributed by atoms with Crippen molar-refractivity contribution in [3.8, 4) is 5.75 Å². The lowest BCUT2D eigenvalue weighted by atomic mass is 9.83. The molecule has 0 aromatic heterocycles. The normalized spacial score (nSPS) is 16.5. The first-order chi connectivity index (χ1) is 17.2. The topological polar surface area (TPSA) is 75.7 Å². The average molecular weight is 548 g/mol. The standard InChI is InChI=1S/C27H28Cl2N2O4S/c1-3-27(4-2)17-23(21-12-8-9-13-25(21)35-27)30-26(32)18-31(24-16-19(28)14-15-22(24)29)36(33,34)20-10-6-5-7-11-20/h5-16,23H,3-4,17-18H2,1-2H3,(H,30,32)/t23-/m0/s1. The molecular weight excluding hydrogens is 519 g/mol. The Morgan fingerprint density at radius 3 is 2.39 bits per heavy atom. The highest BCUT2D eigenvalue weighted by atomic mass is 35.5. The van der Waals surface area contributed by atoms with Gasteiger partial charge in [0.1, 0.15) is 17.9 Å². The van der Waals surface area contributed by atoms with Gasteiger partial charge in [-0.25, -0.2) is 8.42 Å². The number of benzene rings is 3. The number of anilines is 1. The number of fused-ring (bicyclic) bond motifs is 1. The van der Waals surface area contributed by atoms with Gasteiger partial charge in [-0.3, -0.25) is 9.10 Å². The molecule has 1 aliphatic rings. The lowest BCUT2D eigenvalue weighted by molar-refractivity contribution is -0.121. The van der Waals surface area contributed by atoms with Gasteiger partial charge in [-0.1, -0.05) is 73.4 Å². The molecule has 0 aliphatic carbocycles. The number of ether oxygens (including phenoxy) is 1. The molecule has 0 radical (unpaired) electrons. The van der Waals surface area contributed by atoms with Gasteiger partial charge in [-0.05, 0) is 49.2 Å². The maximum Gasteiger partial charge on any atom is 0.264 e. The number of hydrogen-bond donors (Lipinski definition) is 1. The van der Waals surface area contributed by atoms with Crippen LogP contribution in [0, 0.1) is 0 Å². The van der Waals surface area contributed by atoms with E-state index in [9.17, 15) is 13.2 Å². The van der Waals surface area contributed by atoms with Crippen LogP contribution in [0.15, 0.2) is 77.7 Å². The highest BCUT2D eigenvalue weighted by Crippen LogP contribution is 2.42. The van der Waals surface area contributed by atoms with E-state index in [4.69, 9.17) is 27.9 Å².